The molecule has 6 heteroatoms. The Morgan fingerprint density at radius 1 is 1.39 bits per heavy atom. The van der Waals surface area contributed by atoms with Gasteiger partial charge in [0.2, 0.25) is 0 Å². The van der Waals surface area contributed by atoms with E-state index in [-0.39, 0.29) is 6.04 Å². The van der Waals surface area contributed by atoms with Crippen molar-refractivity contribution in [2.45, 2.75) is 51.5 Å². The highest BCUT2D eigenvalue weighted by molar-refractivity contribution is 7.87. The minimum Gasteiger partial charge on any atom is -0.329 e. The summed E-state index contributed by atoms with van der Waals surface area (Å²) in [5.74, 6) is 0.407. The van der Waals surface area contributed by atoms with Crippen LogP contribution in [0.1, 0.15) is 45.4 Å². The molecule has 1 fully saturated rings. The van der Waals surface area contributed by atoms with Crippen molar-refractivity contribution >= 4 is 10.2 Å². The highest BCUT2D eigenvalue weighted by Gasteiger charge is 2.29. The van der Waals surface area contributed by atoms with E-state index in [1.807, 2.05) is 0 Å². The lowest BCUT2D eigenvalue weighted by Crippen LogP contribution is -2.49. The van der Waals surface area contributed by atoms with Crippen molar-refractivity contribution in [2.75, 3.05) is 20.1 Å². The van der Waals surface area contributed by atoms with Gasteiger partial charge in [0.1, 0.15) is 0 Å². The standard InChI is InChI=1S/C12H27N3O2S/c1-3-4-9-15(2)18(16,17)14-12(10-13)11-7-5-6-8-11/h11-12,14H,3-10,13H2,1-2H3. The third-order valence-electron chi connectivity index (χ3n) is 3.76. The summed E-state index contributed by atoms with van der Waals surface area (Å²) in [5, 5.41) is 0. The molecule has 0 aromatic rings. The Balaban J connectivity index is 2.55. The summed E-state index contributed by atoms with van der Waals surface area (Å²) in [4.78, 5) is 0. The fourth-order valence-electron chi connectivity index (χ4n) is 2.48. The van der Waals surface area contributed by atoms with E-state index in [4.69, 9.17) is 5.73 Å². The predicted molar refractivity (Wildman–Crippen MR) is 74.4 cm³/mol. The van der Waals surface area contributed by atoms with Gasteiger partial charge < -0.3 is 5.73 Å². The summed E-state index contributed by atoms with van der Waals surface area (Å²) >= 11 is 0. The van der Waals surface area contributed by atoms with Crippen LogP contribution in [0, 0.1) is 5.92 Å². The molecule has 1 aliphatic carbocycles. The maximum absolute atomic E-state index is 12.1. The van der Waals surface area contributed by atoms with E-state index < -0.39 is 10.2 Å². The van der Waals surface area contributed by atoms with Crippen molar-refractivity contribution in [3.63, 3.8) is 0 Å². The van der Waals surface area contributed by atoms with Crippen molar-refractivity contribution < 1.29 is 8.42 Å². The second-order valence-corrected chi connectivity index (χ2v) is 6.99. The molecule has 0 amide bonds. The fraction of sp³-hybridized carbons (Fsp3) is 1.00. The Morgan fingerprint density at radius 2 is 2.00 bits per heavy atom. The molecule has 1 rings (SSSR count). The first kappa shape index (κ1) is 15.9. The minimum absolute atomic E-state index is 0.110. The predicted octanol–water partition coefficient (Wildman–Crippen LogP) is 1.07. The molecule has 0 bridgehead atoms. The first-order valence-electron chi connectivity index (χ1n) is 6.95. The van der Waals surface area contributed by atoms with Gasteiger partial charge in [-0.1, -0.05) is 26.2 Å². The van der Waals surface area contributed by atoms with Crippen LogP contribution >= 0.6 is 0 Å². The molecular weight excluding hydrogens is 250 g/mol. The molecular formula is C12H27N3O2S. The number of unbranched alkanes of at least 4 members (excludes halogenated alkanes) is 1. The lowest BCUT2D eigenvalue weighted by molar-refractivity contribution is 0.383. The topological polar surface area (TPSA) is 75.4 Å². The second-order valence-electron chi connectivity index (χ2n) is 5.18. The van der Waals surface area contributed by atoms with Crippen LogP contribution in [-0.2, 0) is 10.2 Å². The van der Waals surface area contributed by atoms with E-state index in [0.717, 1.165) is 25.7 Å². The van der Waals surface area contributed by atoms with Crippen LogP contribution in [0.2, 0.25) is 0 Å². The minimum atomic E-state index is -3.38. The van der Waals surface area contributed by atoms with E-state index in [2.05, 4.69) is 11.6 Å². The SMILES string of the molecule is CCCCN(C)S(=O)(=O)NC(CN)C1CCCC1. The number of hydrogen-bond donors (Lipinski definition) is 2. The van der Waals surface area contributed by atoms with Gasteiger partial charge in [-0.15, -0.1) is 0 Å². The zero-order valence-corrected chi connectivity index (χ0v) is 12.4. The number of nitrogens with zero attached hydrogens (tertiary/aromatic N) is 1. The Morgan fingerprint density at radius 3 is 2.50 bits per heavy atom. The molecule has 1 unspecified atom stereocenters. The van der Waals surface area contributed by atoms with Crippen LogP contribution in [0.4, 0.5) is 0 Å². The zero-order chi connectivity index (χ0) is 13.6. The lowest BCUT2D eigenvalue weighted by atomic mass is 9.99. The molecule has 1 aliphatic rings. The monoisotopic (exact) mass is 277 g/mol. The van der Waals surface area contributed by atoms with Gasteiger partial charge in [0.05, 0.1) is 0 Å². The van der Waals surface area contributed by atoms with E-state index in [1.165, 1.54) is 17.1 Å². The number of nitrogens with one attached hydrogen (secondary N) is 1. The second kappa shape index (κ2) is 7.43. The number of hydrogen-bond acceptors (Lipinski definition) is 3. The molecule has 1 saturated carbocycles. The molecule has 0 heterocycles. The largest absolute Gasteiger partial charge is 0.329 e. The third kappa shape index (κ3) is 4.50. The smallest absolute Gasteiger partial charge is 0.279 e. The van der Waals surface area contributed by atoms with Crippen LogP contribution in [0.15, 0.2) is 0 Å². The zero-order valence-electron chi connectivity index (χ0n) is 11.6. The summed E-state index contributed by atoms with van der Waals surface area (Å²) in [7, 11) is -1.75. The Bertz CT molecular complexity index is 326. The maximum Gasteiger partial charge on any atom is 0.279 e. The van der Waals surface area contributed by atoms with E-state index in [9.17, 15) is 8.42 Å². The average Bonchev–Trinajstić information content (AvgIpc) is 2.86. The molecule has 0 aromatic heterocycles. The molecule has 18 heavy (non-hydrogen) atoms. The van der Waals surface area contributed by atoms with E-state index >= 15 is 0 Å². The molecule has 5 nitrogen and oxygen atoms in total. The molecule has 108 valence electrons. The van der Waals surface area contributed by atoms with Crippen LogP contribution in [0.5, 0.6) is 0 Å². The normalized spacial score (nSPS) is 19.6. The number of nitrogens with two attached hydrogens (primary N) is 1. The van der Waals surface area contributed by atoms with Crippen molar-refractivity contribution in [1.82, 2.24) is 9.03 Å². The molecule has 3 N–H and O–H groups in total. The Labute approximate surface area is 111 Å². The summed E-state index contributed by atoms with van der Waals surface area (Å²) in [6.45, 7) is 2.99. The summed E-state index contributed by atoms with van der Waals surface area (Å²) in [6, 6.07) is -0.110. The first-order valence-corrected chi connectivity index (χ1v) is 8.39. The molecule has 0 spiro atoms. The summed E-state index contributed by atoms with van der Waals surface area (Å²) < 4.78 is 28.4. The van der Waals surface area contributed by atoms with Gasteiger partial charge in [0.25, 0.3) is 10.2 Å². The van der Waals surface area contributed by atoms with Gasteiger partial charge >= 0.3 is 0 Å². The summed E-state index contributed by atoms with van der Waals surface area (Å²) in [5.41, 5.74) is 5.71. The van der Waals surface area contributed by atoms with Crippen molar-refractivity contribution in [2.24, 2.45) is 11.7 Å². The van der Waals surface area contributed by atoms with Crippen LogP contribution in [0.25, 0.3) is 0 Å². The van der Waals surface area contributed by atoms with Gasteiger partial charge in [0.15, 0.2) is 0 Å². The first-order chi connectivity index (χ1) is 8.51. The van der Waals surface area contributed by atoms with Crippen LogP contribution in [0.3, 0.4) is 0 Å². The summed E-state index contributed by atoms with van der Waals surface area (Å²) in [6.07, 6.45) is 6.42. The maximum atomic E-state index is 12.1. The van der Waals surface area contributed by atoms with Crippen molar-refractivity contribution in [3.8, 4) is 0 Å². The van der Waals surface area contributed by atoms with E-state index in [1.54, 1.807) is 7.05 Å². The molecule has 0 radical (unpaired) electrons. The van der Waals surface area contributed by atoms with Gasteiger partial charge in [-0.2, -0.15) is 17.4 Å². The Kier molecular flexibility index (Phi) is 6.55. The van der Waals surface area contributed by atoms with Gasteiger partial charge in [0, 0.05) is 26.2 Å². The van der Waals surface area contributed by atoms with Gasteiger partial charge in [-0.3, -0.25) is 0 Å². The van der Waals surface area contributed by atoms with Gasteiger partial charge in [-0.05, 0) is 25.2 Å². The number of rotatable bonds is 8. The van der Waals surface area contributed by atoms with Gasteiger partial charge in [-0.25, -0.2) is 0 Å². The van der Waals surface area contributed by atoms with Crippen molar-refractivity contribution in [3.05, 3.63) is 0 Å². The molecule has 1 atom stereocenters. The van der Waals surface area contributed by atoms with E-state index in [0.29, 0.717) is 19.0 Å². The van der Waals surface area contributed by atoms with Crippen LogP contribution in [-0.4, -0.2) is 38.9 Å². The third-order valence-corrected chi connectivity index (χ3v) is 5.36. The van der Waals surface area contributed by atoms with Crippen LogP contribution < -0.4 is 10.5 Å². The quantitative estimate of drug-likeness (QED) is 0.697. The highest BCUT2D eigenvalue weighted by atomic mass is 32.2. The Hall–Kier alpha value is -0.170. The fourth-order valence-corrected chi connectivity index (χ4v) is 3.70. The lowest BCUT2D eigenvalue weighted by Gasteiger charge is -2.26. The molecule has 0 aromatic carbocycles. The molecule has 0 aliphatic heterocycles. The highest BCUT2D eigenvalue weighted by Crippen LogP contribution is 2.27. The average molecular weight is 277 g/mol. The van der Waals surface area contributed by atoms with Crippen molar-refractivity contribution in [1.29, 1.82) is 0 Å². The molecule has 0 saturated heterocycles.